The molecule has 0 radical (unpaired) electrons. The highest BCUT2D eigenvalue weighted by atomic mass is 35.5. The number of carbonyl (C=O) groups is 1. The molecule has 0 aliphatic carbocycles. The van der Waals surface area contributed by atoms with Gasteiger partial charge in [0.25, 0.3) is 5.91 Å². The summed E-state index contributed by atoms with van der Waals surface area (Å²) in [5.74, 6) is 0.448. The van der Waals surface area contributed by atoms with Gasteiger partial charge in [-0.2, -0.15) is 0 Å². The number of ether oxygens (including phenoxy) is 1. The van der Waals surface area contributed by atoms with E-state index in [2.05, 4.69) is 15.4 Å². The zero-order valence-electron chi connectivity index (χ0n) is 13.6. The second kappa shape index (κ2) is 7.81. The zero-order valence-corrected chi connectivity index (χ0v) is 14.4. The molecule has 0 aliphatic heterocycles. The van der Waals surface area contributed by atoms with Crippen molar-refractivity contribution in [3.05, 3.63) is 71.0 Å². The minimum atomic E-state index is -0.315. The van der Waals surface area contributed by atoms with E-state index in [1.54, 1.807) is 29.2 Å². The van der Waals surface area contributed by atoms with E-state index >= 15 is 0 Å². The minimum Gasteiger partial charge on any atom is -0.493 e. The van der Waals surface area contributed by atoms with Crippen molar-refractivity contribution < 1.29 is 9.53 Å². The van der Waals surface area contributed by atoms with Crippen LogP contribution in [0.5, 0.6) is 5.75 Å². The Hall–Kier alpha value is -2.86. The molecule has 0 fully saturated rings. The largest absolute Gasteiger partial charge is 0.493 e. The van der Waals surface area contributed by atoms with Crippen LogP contribution in [-0.4, -0.2) is 27.3 Å². The van der Waals surface area contributed by atoms with Gasteiger partial charge in [-0.15, -0.1) is 5.10 Å². The SMILES string of the molecule is CCOc1ccccc1C(=O)Nc1ncn(Cc2cccc(Cl)c2)n1. The molecule has 0 saturated heterocycles. The van der Waals surface area contributed by atoms with E-state index in [4.69, 9.17) is 16.3 Å². The van der Waals surface area contributed by atoms with Crippen molar-refractivity contribution in [2.24, 2.45) is 0 Å². The van der Waals surface area contributed by atoms with Crippen LogP contribution in [0.1, 0.15) is 22.8 Å². The van der Waals surface area contributed by atoms with E-state index in [0.717, 1.165) is 5.56 Å². The highest BCUT2D eigenvalue weighted by Gasteiger charge is 2.14. The molecule has 3 aromatic rings. The molecule has 0 atom stereocenters. The van der Waals surface area contributed by atoms with Crippen LogP contribution in [-0.2, 0) is 6.54 Å². The van der Waals surface area contributed by atoms with E-state index < -0.39 is 0 Å². The van der Waals surface area contributed by atoms with Gasteiger partial charge in [0.05, 0.1) is 18.7 Å². The van der Waals surface area contributed by atoms with Crippen LogP contribution >= 0.6 is 11.6 Å². The first-order valence-corrected chi connectivity index (χ1v) is 8.20. The summed E-state index contributed by atoms with van der Waals surface area (Å²) in [6.45, 7) is 2.86. The molecule has 1 heterocycles. The average Bonchev–Trinajstić information content (AvgIpc) is 3.02. The monoisotopic (exact) mass is 356 g/mol. The van der Waals surface area contributed by atoms with Crippen molar-refractivity contribution in [3.63, 3.8) is 0 Å². The maximum Gasteiger partial charge on any atom is 0.261 e. The number of halogens is 1. The molecule has 2 aromatic carbocycles. The highest BCUT2D eigenvalue weighted by molar-refractivity contribution is 6.30. The Kier molecular flexibility index (Phi) is 5.30. The fourth-order valence-corrected chi connectivity index (χ4v) is 2.57. The topological polar surface area (TPSA) is 69.0 Å². The minimum absolute atomic E-state index is 0.235. The predicted molar refractivity (Wildman–Crippen MR) is 96.1 cm³/mol. The maximum atomic E-state index is 12.4. The van der Waals surface area contributed by atoms with Crippen LogP contribution in [0.3, 0.4) is 0 Å². The Morgan fingerprint density at radius 1 is 1.24 bits per heavy atom. The van der Waals surface area contributed by atoms with Gasteiger partial charge in [0.2, 0.25) is 5.95 Å². The average molecular weight is 357 g/mol. The fraction of sp³-hybridized carbons (Fsp3) is 0.167. The number of hydrogen-bond acceptors (Lipinski definition) is 4. The van der Waals surface area contributed by atoms with Crippen molar-refractivity contribution in [3.8, 4) is 5.75 Å². The summed E-state index contributed by atoms with van der Waals surface area (Å²) in [5.41, 5.74) is 1.44. The van der Waals surface area contributed by atoms with E-state index in [1.807, 2.05) is 37.3 Å². The molecule has 0 spiro atoms. The number of para-hydroxylation sites is 1. The van der Waals surface area contributed by atoms with E-state index in [0.29, 0.717) is 29.5 Å². The lowest BCUT2D eigenvalue weighted by Gasteiger charge is -2.08. The third kappa shape index (κ3) is 4.36. The van der Waals surface area contributed by atoms with E-state index in [-0.39, 0.29) is 11.9 Å². The summed E-state index contributed by atoms with van der Waals surface area (Å²) >= 11 is 5.98. The van der Waals surface area contributed by atoms with Crippen molar-refractivity contribution in [1.82, 2.24) is 14.8 Å². The Morgan fingerprint density at radius 2 is 2.08 bits per heavy atom. The van der Waals surface area contributed by atoms with Gasteiger partial charge in [-0.25, -0.2) is 9.67 Å². The third-order valence-corrected chi connectivity index (χ3v) is 3.66. The second-order valence-electron chi connectivity index (χ2n) is 5.28. The summed E-state index contributed by atoms with van der Waals surface area (Å²) in [4.78, 5) is 16.5. The van der Waals surface area contributed by atoms with Gasteiger partial charge >= 0.3 is 0 Å². The molecule has 0 unspecified atom stereocenters. The molecule has 6 nitrogen and oxygen atoms in total. The highest BCUT2D eigenvalue weighted by Crippen LogP contribution is 2.19. The molecule has 1 amide bonds. The summed E-state index contributed by atoms with van der Waals surface area (Å²) in [5, 5.41) is 7.62. The normalized spacial score (nSPS) is 10.5. The Bertz CT molecular complexity index is 879. The summed E-state index contributed by atoms with van der Waals surface area (Å²) in [6.07, 6.45) is 1.56. The van der Waals surface area contributed by atoms with Crippen LogP contribution in [0, 0.1) is 0 Å². The van der Waals surface area contributed by atoms with Crippen LogP contribution in [0.15, 0.2) is 54.9 Å². The standard InChI is InChI=1S/C18H17ClN4O2/c1-2-25-16-9-4-3-8-15(16)17(24)21-18-20-12-23(22-18)11-13-6-5-7-14(19)10-13/h3-10,12H,2,11H2,1H3,(H,21,22,24). The lowest BCUT2D eigenvalue weighted by molar-refractivity contribution is 0.102. The molecule has 1 aromatic heterocycles. The summed E-state index contributed by atoms with van der Waals surface area (Å²) in [6, 6.07) is 14.6. The van der Waals surface area contributed by atoms with Crippen LogP contribution in [0.25, 0.3) is 0 Å². The summed E-state index contributed by atoms with van der Waals surface area (Å²) < 4.78 is 7.11. The molecular weight excluding hydrogens is 340 g/mol. The number of nitrogens with zero attached hydrogens (tertiary/aromatic N) is 3. The van der Waals surface area contributed by atoms with Gasteiger partial charge in [-0.05, 0) is 36.8 Å². The smallest absolute Gasteiger partial charge is 0.261 e. The zero-order chi connectivity index (χ0) is 17.6. The van der Waals surface area contributed by atoms with Gasteiger partial charge in [-0.3, -0.25) is 10.1 Å². The van der Waals surface area contributed by atoms with Gasteiger partial charge in [-0.1, -0.05) is 35.9 Å². The van der Waals surface area contributed by atoms with Crippen LogP contribution in [0.2, 0.25) is 5.02 Å². The number of aromatic nitrogens is 3. The fourth-order valence-electron chi connectivity index (χ4n) is 2.35. The van der Waals surface area contributed by atoms with Gasteiger partial charge < -0.3 is 4.74 Å². The predicted octanol–water partition coefficient (Wildman–Crippen LogP) is 3.63. The van der Waals surface area contributed by atoms with Gasteiger partial charge in [0.15, 0.2) is 0 Å². The van der Waals surface area contributed by atoms with Crippen LogP contribution < -0.4 is 10.1 Å². The Morgan fingerprint density at radius 3 is 2.88 bits per heavy atom. The molecule has 128 valence electrons. The molecule has 3 rings (SSSR count). The Balaban J connectivity index is 1.70. The van der Waals surface area contributed by atoms with Gasteiger partial charge in [0, 0.05) is 5.02 Å². The lowest BCUT2D eigenvalue weighted by Crippen LogP contribution is -2.15. The molecule has 25 heavy (non-hydrogen) atoms. The van der Waals surface area contributed by atoms with Crippen LogP contribution in [0.4, 0.5) is 5.95 Å². The van der Waals surface area contributed by atoms with Crippen molar-refractivity contribution in [2.45, 2.75) is 13.5 Å². The van der Waals surface area contributed by atoms with Crippen molar-refractivity contribution >= 4 is 23.5 Å². The van der Waals surface area contributed by atoms with Crippen molar-refractivity contribution in [2.75, 3.05) is 11.9 Å². The number of amides is 1. The molecule has 0 aliphatic rings. The first-order chi connectivity index (χ1) is 12.2. The lowest BCUT2D eigenvalue weighted by atomic mass is 10.2. The van der Waals surface area contributed by atoms with Crippen molar-refractivity contribution in [1.29, 1.82) is 0 Å². The number of carbonyl (C=O) groups excluding carboxylic acids is 1. The third-order valence-electron chi connectivity index (χ3n) is 3.43. The number of hydrogen-bond donors (Lipinski definition) is 1. The molecular formula is C18H17ClN4O2. The number of benzene rings is 2. The molecule has 0 bridgehead atoms. The second-order valence-corrected chi connectivity index (χ2v) is 5.72. The number of rotatable bonds is 6. The first-order valence-electron chi connectivity index (χ1n) is 7.83. The molecule has 0 saturated carbocycles. The molecule has 7 heteroatoms. The molecule has 1 N–H and O–H groups in total. The number of anilines is 1. The quantitative estimate of drug-likeness (QED) is 0.732. The summed E-state index contributed by atoms with van der Waals surface area (Å²) in [7, 11) is 0. The Labute approximate surface area is 150 Å². The number of nitrogens with one attached hydrogen (secondary N) is 1. The van der Waals surface area contributed by atoms with E-state index in [1.165, 1.54) is 0 Å². The maximum absolute atomic E-state index is 12.4. The first kappa shape index (κ1) is 17.0. The van der Waals surface area contributed by atoms with E-state index in [9.17, 15) is 4.79 Å². The van der Waals surface area contributed by atoms with Gasteiger partial charge in [0.1, 0.15) is 12.1 Å².